The van der Waals surface area contributed by atoms with E-state index in [-0.39, 0.29) is 16.9 Å². The van der Waals surface area contributed by atoms with Crippen LogP contribution in [0.3, 0.4) is 0 Å². The van der Waals surface area contributed by atoms with Gasteiger partial charge in [-0.25, -0.2) is 0 Å². The largest absolute Gasteiger partial charge is 0.376 e. The van der Waals surface area contributed by atoms with Crippen LogP contribution in [0.1, 0.15) is 71.6 Å². The molecule has 2 nitrogen and oxygen atoms in total. The van der Waals surface area contributed by atoms with Crippen molar-refractivity contribution >= 4 is 11.9 Å². The minimum atomic E-state index is 0.161. The molecule has 1 aromatic rings. The van der Waals surface area contributed by atoms with Gasteiger partial charge in [0, 0.05) is 11.4 Å². The number of rotatable bonds is 9. The molecule has 0 aromatic heterocycles. The summed E-state index contributed by atoms with van der Waals surface area (Å²) in [6, 6.07) is 9.08. The first-order valence-electron chi connectivity index (χ1n) is 8.51. The molecule has 0 amide bonds. The molecule has 0 fully saturated rings. The van der Waals surface area contributed by atoms with Crippen LogP contribution >= 0.6 is 11.9 Å². The number of aryl methyl sites for hydroxylation is 1. The lowest BCUT2D eigenvalue weighted by atomic mass is 10.00. The second-order valence-corrected chi connectivity index (χ2v) is 8.50. The van der Waals surface area contributed by atoms with Gasteiger partial charge >= 0.3 is 0 Å². The fourth-order valence-corrected chi connectivity index (χ4v) is 3.00. The number of hydrogen-bond donors (Lipinski definition) is 1. The van der Waals surface area contributed by atoms with Crippen molar-refractivity contribution in [3.8, 4) is 0 Å². The van der Waals surface area contributed by atoms with E-state index in [1.807, 2.05) is 0 Å². The minimum Gasteiger partial charge on any atom is -0.376 e. The maximum absolute atomic E-state index is 6.06. The Hall–Kier alpha value is -0.510. The lowest BCUT2D eigenvalue weighted by Crippen LogP contribution is -2.31. The zero-order chi connectivity index (χ0) is 16.6. The average Bonchev–Trinajstić information content (AvgIpc) is 2.47. The third-order valence-electron chi connectivity index (χ3n) is 3.56. The number of unbranched alkanes of at least 4 members (excludes halogenated alkanes) is 1. The molecule has 0 bridgehead atoms. The van der Waals surface area contributed by atoms with Crippen molar-refractivity contribution in [2.75, 3.05) is 6.61 Å². The van der Waals surface area contributed by atoms with Crippen LogP contribution in [0.15, 0.2) is 24.3 Å². The molecule has 1 N–H and O–H groups in total. The van der Waals surface area contributed by atoms with Crippen molar-refractivity contribution in [3.05, 3.63) is 35.4 Å². The number of hydrogen-bond acceptors (Lipinski definition) is 3. The first-order valence-corrected chi connectivity index (χ1v) is 9.33. The molecule has 0 aliphatic heterocycles. The van der Waals surface area contributed by atoms with E-state index < -0.39 is 0 Å². The van der Waals surface area contributed by atoms with E-state index >= 15 is 0 Å². The third kappa shape index (κ3) is 7.17. The van der Waals surface area contributed by atoms with Crippen molar-refractivity contribution < 1.29 is 4.74 Å². The highest BCUT2D eigenvalue weighted by Gasteiger charge is 2.23. The Morgan fingerprint density at radius 1 is 1.23 bits per heavy atom. The lowest BCUT2D eigenvalue weighted by molar-refractivity contribution is 0.0429. The van der Waals surface area contributed by atoms with Crippen LogP contribution in [-0.2, 0) is 11.2 Å². The predicted molar refractivity (Wildman–Crippen MR) is 99.4 cm³/mol. The first-order chi connectivity index (χ1) is 10.4. The summed E-state index contributed by atoms with van der Waals surface area (Å²) < 4.78 is 9.89. The summed E-state index contributed by atoms with van der Waals surface area (Å²) in [5.74, 6) is 0. The van der Waals surface area contributed by atoms with Gasteiger partial charge in [-0.1, -0.05) is 56.5 Å². The highest BCUT2D eigenvalue weighted by Crippen LogP contribution is 2.28. The maximum atomic E-state index is 6.06. The lowest BCUT2D eigenvalue weighted by Gasteiger charge is -2.29. The Balaban J connectivity index is 2.84. The van der Waals surface area contributed by atoms with Crippen LogP contribution in [-0.4, -0.2) is 17.5 Å². The van der Waals surface area contributed by atoms with Crippen molar-refractivity contribution in [2.24, 2.45) is 0 Å². The molecule has 0 aliphatic carbocycles. The van der Waals surface area contributed by atoms with E-state index in [1.165, 1.54) is 17.5 Å². The third-order valence-corrected chi connectivity index (χ3v) is 4.54. The van der Waals surface area contributed by atoms with Crippen molar-refractivity contribution in [2.45, 2.75) is 77.7 Å². The Bertz CT molecular complexity index is 428. The summed E-state index contributed by atoms with van der Waals surface area (Å²) in [6.45, 7) is 14.1. The van der Waals surface area contributed by atoms with Gasteiger partial charge in [-0.05, 0) is 51.7 Å². The van der Waals surface area contributed by atoms with Gasteiger partial charge in [0.2, 0.25) is 0 Å². The van der Waals surface area contributed by atoms with Gasteiger partial charge in [0.25, 0.3) is 0 Å². The molecular formula is C19H33NOS. The van der Waals surface area contributed by atoms with Crippen LogP contribution in [0.25, 0.3) is 0 Å². The Kier molecular flexibility index (Phi) is 8.52. The molecule has 0 radical (unpaired) electrons. The minimum absolute atomic E-state index is 0.161. The zero-order valence-corrected chi connectivity index (χ0v) is 15.9. The van der Waals surface area contributed by atoms with E-state index in [9.17, 15) is 0 Å². The van der Waals surface area contributed by atoms with Crippen LogP contribution < -0.4 is 4.72 Å². The van der Waals surface area contributed by atoms with Crippen LogP contribution in [0.5, 0.6) is 0 Å². The summed E-state index contributed by atoms with van der Waals surface area (Å²) in [7, 11) is 0. The first kappa shape index (κ1) is 19.5. The van der Waals surface area contributed by atoms with Gasteiger partial charge in [-0.3, -0.25) is 4.72 Å². The Morgan fingerprint density at radius 3 is 2.55 bits per heavy atom. The standard InChI is InChI=1S/C19H33NOS/c1-7-9-13-21-15(3)18(20-22-19(4,5)6)17-12-10-11-16(8-2)14-17/h10-12,14-15,18,20H,7-9,13H2,1-6H3/t15-,18+/m0/s1. The van der Waals surface area contributed by atoms with Gasteiger partial charge in [0.1, 0.15) is 0 Å². The monoisotopic (exact) mass is 323 g/mol. The Labute approximate surface area is 141 Å². The van der Waals surface area contributed by atoms with E-state index in [2.05, 4.69) is 70.5 Å². The van der Waals surface area contributed by atoms with E-state index in [0.717, 1.165) is 19.4 Å². The molecule has 0 heterocycles. The van der Waals surface area contributed by atoms with Gasteiger partial charge < -0.3 is 4.74 Å². The quantitative estimate of drug-likeness (QED) is 0.477. The van der Waals surface area contributed by atoms with E-state index in [0.29, 0.717) is 0 Å². The van der Waals surface area contributed by atoms with Gasteiger partial charge in [0.15, 0.2) is 0 Å². The molecule has 2 atom stereocenters. The summed E-state index contributed by atoms with van der Waals surface area (Å²) in [6.07, 6.45) is 3.53. The van der Waals surface area contributed by atoms with Crippen LogP contribution in [0, 0.1) is 0 Å². The summed E-state index contributed by atoms with van der Waals surface area (Å²) in [5.41, 5.74) is 2.70. The molecule has 3 heteroatoms. The second kappa shape index (κ2) is 9.59. The van der Waals surface area contributed by atoms with Crippen LogP contribution in [0.4, 0.5) is 0 Å². The molecule has 1 aromatic carbocycles. The summed E-state index contributed by atoms with van der Waals surface area (Å²) >= 11 is 1.79. The summed E-state index contributed by atoms with van der Waals surface area (Å²) in [5, 5.41) is 0. The van der Waals surface area contributed by atoms with E-state index in [1.54, 1.807) is 11.9 Å². The zero-order valence-electron chi connectivity index (χ0n) is 15.1. The molecular weight excluding hydrogens is 290 g/mol. The molecule has 0 saturated carbocycles. The maximum Gasteiger partial charge on any atom is 0.0750 e. The molecule has 0 aliphatic rings. The van der Waals surface area contributed by atoms with Crippen molar-refractivity contribution in [3.63, 3.8) is 0 Å². The van der Waals surface area contributed by atoms with Gasteiger partial charge in [0.05, 0.1) is 12.1 Å². The SMILES string of the molecule is CCCCO[C@@H](C)[C@@H](NSC(C)(C)C)c1cccc(CC)c1. The number of nitrogens with one attached hydrogen (secondary N) is 1. The Morgan fingerprint density at radius 2 is 1.95 bits per heavy atom. The smallest absolute Gasteiger partial charge is 0.0750 e. The number of benzene rings is 1. The fraction of sp³-hybridized carbons (Fsp3) is 0.684. The second-order valence-electron chi connectivity index (χ2n) is 6.84. The predicted octanol–water partition coefficient (Wildman–Crippen LogP) is 5.53. The normalized spacial score (nSPS) is 14.8. The topological polar surface area (TPSA) is 21.3 Å². The molecule has 1 rings (SSSR count). The molecule has 0 saturated heterocycles. The fourth-order valence-electron chi connectivity index (χ4n) is 2.19. The molecule has 126 valence electrons. The highest BCUT2D eigenvalue weighted by molar-refractivity contribution is 7.98. The molecule has 0 unspecified atom stereocenters. The average molecular weight is 324 g/mol. The van der Waals surface area contributed by atoms with Crippen molar-refractivity contribution in [1.82, 2.24) is 4.72 Å². The van der Waals surface area contributed by atoms with E-state index in [4.69, 9.17) is 4.74 Å². The number of ether oxygens (including phenoxy) is 1. The van der Waals surface area contributed by atoms with Crippen molar-refractivity contribution in [1.29, 1.82) is 0 Å². The molecule has 0 spiro atoms. The summed E-state index contributed by atoms with van der Waals surface area (Å²) in [4.78, 5) is 0. The van der Waals surface area contributed by atoms with Gasteiger partial charge in [-0.15, -0.1) is 0 Å². The van der Waals surface area contributed by atoms with Gasteiger partial charge in [-0.2, -0.15) is 0 Å². The van der Waals surface area contributed by atoms with Crippen LogP contribution in [0.2, 0.25) is 0 Å². The molecule has 22 heavy (non-hydrogen) atoms. The highest BCUT2D eigenvalue weighted by atomic mass is 32.2.